The number of hydrogen-bond acceptors (Lipinski definition) is 6. The van der Waals surface area contributed by atoms with E-state index in [4.69, 9.17) is 9.47 Å². The van der Waals surface area contributed by atoms with Gasteiger partial charge >= 0.3 is 0 Å². The second-order valence-electron chi connectivity index (χ2n) is 7.27. The molecule has 3 rings (SSSR count). The molecule has 2 N–H and O–H groups in total. The van der Waals surface area contributed by atoms with Crippen molar-refractivity contribution in [3.63, 3.8) is 0 Å². The van der Waals surface area contributed by atoms with Gasteiger partial charge in [0.25, 0.3) is 11.7 Å². The summed E-state index contributed by atoms with van der Waals surface area (Å²) >= 11 is 0. The zero-order valence-electron chi connectivity index (χ0n) is 17.4. The zero-order valence-corrected chi connectivity index (χ0v) is 17.4. The SMILES string of the molecule is COc1ccc([C@@H]2C(=C(O)c3ccc(C)cc3)C(=O)C(=O)N2C[C@@H](C)O)c(OC)c1. The number of hydrogen-bond donors (Lipinski definition) is 2. The van der Waals surface area contributed by atoms with E-state index in [1.807, 2.05) is 19.1 Å². The lowest BCUT2D eigenvalue weighted by Gasteiger charge is -2.27. The summed E-state index contributed by atoms with van der Waals surface area (Å²) < 4.78 is 10.7. The number of rotatable bonds is 6. The Morgan fingerprint density at radius 1 is 1.10 bits per heavy atom. The van der Waals surface area contributed by atoms with E-state index in [1.165, 1.54) is 26.0 Å². The molecule has 2 atom stereocenters. The van der Waals surface area contributed by atoms with Gasteiger partial charge in [0.2, 0.25) is 0 Å². The summed E-state index contributed by atoms with van der Waals surface area (Å²) in [7, 11) is 2.99. The van der Waals surface area contributed by atoms with Gasteiger partial charge in [0.1, 0.15) is 17.3 Å². The van der Waals surface area contributed by atoms with Crippen LogP contribution in [0, 0.1) is 6.92 Å². The van der Waals surface area contributed by atoms with Gasteiger partial charge in [-0.1, -0.05) is 29.8 Å². The summed E-state index contributed by atoms with van der Waals surface area (Å²) in [6.45, 7) is 3.37. The number of likely N-dealkylation sites (tertiary alicyclic amines) is 1. The number of aliphatic hydroxyl groups excluding tert-OH is 2. The molecule has 30 heavy (non-hydrogen) atoms. The predicted octanol–water partition coefficient (Wildman–Crippen LogP) is 2.81. The van der Waals surface area contributed by atoms with Crippen molar-refractivity contribution in [2.45, 2.75) is 26.0 Å². The standard InChI is InChI=1S/C23H25NO6/c1-13-5-7-15(8-6-13)21(26)19-20(24(12-14(2)25)23(28)22(19)27)17-10-9-16(29-3)11-18(17)30-4/h5-11,14,20,25-26H,12H2,1-4H3/t14-,20-/m1/s1. The van der Waals surface area contributed by atoms with Crippen LogP contribution in [0.25, 0.3) is 5.76 Å². The first-order valence-electron chi connectivity index (χ1n) is 9.54. The van der Waals surface area contributed by atoms with E-state index < -0.39 is 23.8 Å². The third-order valence-corrected chi connectivity index (χ3v) is 5.06. The summed E-state index contributed by atoms with van der Waals surface area (Å²) in [6, 6.07) is 11.1. The highest BCUT2D eigenvalue weighted by molar-refractivity contribution is 6.46. The first-order chi connectivity index (χ1) is 14.3. The average molecular weight is 411 g/mol. The van der Waals surface area contributed by atoms with E-state index in [0.29, 0.717) is 22.6 Å². The van der Waals surface area contributed by atoms with Crippen molar-refractivity contribution in [1.82, 2.24) is 4.90 Å². The Balaban J connectivity index is 2.24. The van der Waals surface area contributed by atoms with E-state index in [9.17, 15) is 19.8 Å². The monoisotopic (exact) mass is 411 g/mol. The van der Waals surface area contributed by atoms with Crippen molar-refractivity contribution in [3.05, 3.63) is 64.7 Å². The molecule has 0 aliphatic carbocycles. The molecule has 0 bridgehead atoms. The molecule has 2 aromatic carbocycles. The largest absolute Gasteiger partial charge is 0.507 e. The Morgan fingerprint density at radius 3 is 2.33 bits per heavy atom. The smallest absolute Gasteiger partial charge is 0.295 e. The minimum absolute atomic E-state index is 0.0482. The van der Waals surface area contributed by atoms with Crippen LogP contribution in [0.15, 0.2) is 48.0 Å². The molecule has 0 saturated carbocycles. The molecule has 158 valence electrons. The van der Waals surface area contributed by atoms with E-state index >= 15 is 0 Å². The Kier molecular flexibility index (Phi) is 6.12. The molecule has 1 aliphatic heterocycles. The van der Waals surface area contributed by atoms with Crippen LogP contribution in [0.2, 0.25) is 0 Å². The van der Waals surface area contributed by atoms with Crippen molar-refractivity contribution in [3.8, 4) is 11.5 Å². The molecular weight excluding hydrogens is 386 g/mol. The number of methoxy groups -OCH3 is 2. The van der Waals surface area contributed by atoms with Crippen molar-refractivity contribution in [2.75, 3.05) is 20.8 Å². The van der Waals surface area contributed by atoms with Gasteiger partial charge in [-0.05, 0) is 26.0 Å². The van der Waals surface area contributed by atoms with Crippen LogP contribution in [0.1, 0.15) is 29.7 Å². The van der Waals surface area contributed by atoms with Crippen molar-refractivity contribution >= 4 is 17.4 Å². The highest BCUT2D eigenvalue weighted by Gasteiger charge is 2.47. The lowest BCUT2D eigenvalue weighted by Crippen LogP contribution is -2.35. The summed E-state index contributed by atoms with van der Waals surface area (Å²) in [6.07, 6.45) is -0.866. The fourth-order valence-electron chi connectivity index (χ4n) is 3.59. The molecule has 1 aliphatic rings. The zero-order chi connectivity index (χ0) is 22.0. The van der Waals surface area contributed by atoms with Crippen LogP contribution in [0.4, 0.5) is 0 Å². The number of benzene rings is 2. The summed E-state index contributed by atoms with van der Waals surface area (Å²) in [5.41, 5.74) is 1.88. The van der Waals surface area contributed by atoms with E-state index in [2.05, 4.69) is 0 Å². The molecule has 0 aromatic heterocycles. The maximum atomic E-state index is 12.9. The Bertz CT molecular complexity index is 993. The van der Waals surface area contributed by atoms with Crippen LogP contribution >= 0.6 is 0 Å². The minimum Gasteiger partial charge on any atom is -0.507 e. The third-order valence-electron chi connectivity index (χ3n) is 5.06. The van der Waals surface area contributed by atoms with Crippen molar-refractivity contribution in [1.29, 1.82) is 0 Å². The molecule has 0 spiro atoms. The predicted molar refractivity (Wildman–Crippen MR) is 111 cm³/mol. The van der Waals surface area contributed by atoms with Crippen LogP contribution in [-0.2, 0) is 9.59 Å². The number of ether oxygens (including phenoxy) is 2. The summed E-state index contributed by atoms with van der Waals surface area (Å²) in [5, 5.41) is 20.9. The van der Waals surface area contributed by atoms with Gasteiger partial charge in [0.05, 0.1) is 31.9 Å². The van der Waals surface area contributed by atoms with Gasteiger partial charge in [-0.25, -0.2) is 0 Å². The van der Waals surface area contributed by atoms with Crippen molar-refractivity contribution < 1.29 is 29.3 Å². The molecule has 1 heterocycles. The molecule has 1 amide bonds. The minimum atomic E-state index is -0.915. The molecule has 1 fully saturated rings. The molecule has 2 aromatic rings. The highest BCUT2D eigenvalue weighted by atomic mass is 16.5. The van der Waals surface area contributed by atoms with Gasteiger partial charge in [-0.2, -0.15) is 0 Å². The molecule has 0 unspecified atom stereocenters. The number of nitrogens with zero attached hydrogens (tertiary/aromatic N) is 1. The third kappa shape index (κ3) is 3.89. The Morgan fingerprint density at radius 2 is 1.77 bits per heavy atom. The number of β-amino-alcohol motifs (C(OH)–C–C–N with tert-alkyl or cyclic N) is 1. The fraction of sp³-hybridized carbons (Fsp3) is 0.304. The maximum absolute atomic E-state index is 12.9. The number of amides is 1. The Hall–Kier alpha value is -3.32. The molecule has 7 heteroatoms. The quantitative estimate of drug-likeness (QED) is 0.431. The van der Waals surface area contributed by atoms with Gasteiger partial charge in [-0.15, -0.1) is 0 Å². The van der Waals surface area contributed by atoms with Crippen LogP contribution in [0.3, 0.4) is 0 Å². The van der Waals surface area contributed by atoms with Gasteiger partial charge in [-0.3, -0.25) is 9.59 Å². The normalized spacial score (nSPS) is 19.1. The molecule has 0 radical (unpaired) electrons. The summed E-state index contributed by atoms with van der Waals surface area (Å²) in [4.78, 5) is 27.0. The second-order valence-corrected chi connectivity index (χ2v) is 7.27. The van der Waals surface area contributed by atoms with E-state index in [-0.39, 0.29) is 17.9 Å². The topological polar surface area (TPSA) is 96.3 Å². The first-order valence-corrected chi connectivity index (χ1v) is 9.54. The van der Waals surface area contributed by atoms with Crippen LogP contribution in [-0.4, -0.2) is 53.7 Å². The van der Waals surface area contributed by atoms with Crippen molar-refractivity contribution in [2.24, 2.45) is 0 Å². The van der Waals surface area contributed by atoms with E-state index in [1.54, 1.807) is 30.3 Å². The number of aryl methyl sites for hydroxylation is 1. The molecular formula is C23H25NO6. The Labute approximate surface area is 175 Å². The van der Waals surface area contributed by atoms with Gasteiger partial charge in [0.15, 0.2) is 0 Å². The maximum Gasteiger partial charge on any atom is 0.295 e. The summed E-state index contributed by atoms with van der Waals surface area (Å²) in [5.74, 6) is -0.929. The number of aliphatic hydroxyl groups is 2. The fourth-order valence-corrected chi connectivity index (χ4v) is 3.59. The molecule has 7 nitrogen and oxygen atoms in total. The van der Waals surface area contributed by atoms with E-state index in [0.717, 1.165) is 5.56 Å². The lowest BCUT2D eigenvalue weighted by atomic mass is 9.94. The van der Waals surface area contributed by atoms with Gasteiger partial charge in [0, 0.05) is 23.7 Å². The first kappa shape index (κ1) is 21.4. The van der Waals surface area contributed by atoms with Crippen LogP contribution < -0.4 is 9.47 Å². The number of carbonyl (C=O) groups is 2. The van der Waals surface area contributed by atoms with Crippen LogP contribution in [0.5, 0.6) is 11.5 Å². The lowest BCUT2D eigenvalue weighted by molar-refractivity contribution is -0.140. The number of carbonyl (C=O) groups excluding carboxylic acids is 2. The number of ketones is 1. The molecule has 1 saturated heterocycles. The second kappa shape index (κ2) is 8.59. The van der Waals surface area contributed by atoms with Gasteiger partial charge < -0.3 is 24.6 Å². The average Bonchev–Trinajstić information content (AvgIpc) is 2.97. The number of Topliss-reactive ketones (excluding diaryl/α,β-unsaturated/α-hetero) is 1. The highest BCUT2D eigenvalue weighted by Crippen LogP contribution is 2.43.